The fourth-order valence-electron chi connectivity index (χ4n) is 1.47. The molecular formula is C13H7F11OS2. The summed E-state index contributed by atoms with van der Waals surface area (Å²) in [7, 11) is 0. The number of halogens is 11. The van der Waals surface area contributed by atoms with Crippen LogP contribution in [0.5, 0.6) is 0 Å². The van der Waals surface area contributed by atoms with Gasteiger partial charge in [-0.05, 0) is 17.8 Å². The second-order valence-corrected chi connectivity index (χ2v) is 6.58. The fourth-order valence-corrected chi connectivity index (χ4v) is 2.43. The first kappa shape index (κ1) is 23.7. The van der Waals surface area contributed by atoms with Gasteiger partial charge in [-0.3, -0.25) is 0 Å². The number of alkyl halides is 11. The van der Waals surface area contributed by atoms with E-state index in [2.05, 4.69) is 17.0 Å². The Morgan fingerprint density at radius 1 is 0.778 bits per heavy atom. The summed E-state index contributed by atoms with van der Waals surface area (Å²) < 4.78 is 144. The lowest BCUT2D eigenvalue weighted by molar-refractivity contribution is -0.412. The molecule has 0 amide bonds. The molecule has 0 heterocycles. The van der Waals surface area contributed by atoms with Crippen molar-refractivity contribution in [3.8, 4) is 0 Å². The lowest BCUT2D eigenvalue weighted by atomic mass is 10.0. The average molecular weight is 452 g/mol. The zero-order valence-electron chi connectivity index (χ0n) is 12.5. The smallest absolute Gasteiger partial charge is 0.460 e. The van der Waals surface area contributed by atoms with Crippen LogP contribution >= 0.6 is 24.0 Å². The quantitative estimate of drug-likeness (QED) is 0.371. The van der Waals surface area contributed by atoms with Gasteiger partial charge < -0.3 is 4.74 Å². The van der Waals surface area contributed by atoms with E-state index >= 15 is 0 Å². The third-order valence-corrected chi connectivity index (χ3v) is 4.09. The van der Waals surface area contributed by atoms with E-state index in [-0.39, 0.29) is 0 Å². The number of thiocarbonyl (C=S) groups is 1. The molecular weight excluding hydrogens is 445 g/mol. The van der Waals surface area contributed by atoms with E-state index in [4.69, 9.17) is 0 Å². The highest BCUT2D eigenvalue weighted by atomic mass is 32.2. The number of ether oxygens (including phenoxy) is 1. The highest BCUT2D eigenvalue weighted by Crippen LogP contribution is 2.59. The molecule has 1 aromatic carbocycles. The van der Waals surface area contributed by atoms with E-state index < -0.39 is 51.9 Å². The molecule has 0 saturated carbocycles. The molecule has 0 aromatic heterocycles. The molecule has 1 aromatic rings. The lowest BCUT2D eigenvalue weighted by Gasteiger charge is -2.36. The standard InChI is InChI=1S/C13H7F11OS2/c14-9(15,10(16,17)12(20,21)22)11(18,19)13(23,24)27-8(26)25-6-7-4-2-1-3-5-7/h1-5H,6H2. The molecule has 0 atom stereocenters. The van der Waals surface area contributed by atoms with Gasteiger partial charge in [-0.1, -0.05) is 30.3 Å². The molecule has 0 fully saturated rings. The Bertz CT molecular complexity index is 658. The molecule has 0 unspecified atom stereocenters. The van der Waals surface area contributed by atoms with E-state index in [9.17, 15) is 48.3 Å². The number of rotatable bonds is 6. The van der Waals surface area contributed by atoms with Crippen LogP contribution in [0.15, 0.2) is 30.3 Å². The summed E-state index contributed by atoms with van der Waals surface area (Å²) >= 11 is 2.56. The van der Waals surface area contributed by atoms with Gasteiger partial charge in [-0.25, -0.2) is 0 Å². The molecule has 14 heteroatoms. The molecule has 0 N–H and O–H groups in total. The van der Waals surface area contributed by atoms with Gasteiger partial charge in [0.25, 0.3) is 0 Å². The van der Waals surface area contributed by atoms with Crippen LogP contribution in [0.3, 0.4) is 0 Å². The van der Waals surface area contributed by atoms with Gasteiger partial charge in [0.15, 0.2) is 0 Å². The highest BCUT2D eigenvalue weighted by molar-refractivity contribution is 8.23. The zero-order valence-corrected chi connectivity index (χ0v) is 14.1. The molecule has 0 radical (unpaired) electrons. The summed E-state index contributed by atoms with van der Waals surface area (Å²) in [6.45, 7) is -0.566. The molecule has 0 aliphatic rings. The van der Waals surface area contributed by atoms with E-state index in [0.717, 1.165) is 0 Å². The van der Waals surface area contributed by atoms with Gasteiger partial charge in [0.05, 0.1) is 0 Å². The number of hydrogen-bond acceptors (Lipinski definition) is 3. The van der Waals surface area contributed by atoms with Gasteiger partial charge in [0.1, 0.15) is 6.61 Å². The molecule has 0 aliphatic carbocycles. The Morgan fingerprint density at radius 3 is 1.70 bits per heavy atom. The van der Waals surface area contributed by atoms with Crippen LogP contribution in [0.1, 0.15) is 5.56 Å². The molecule has 1 nitrogen and oxygen atoms in total. The first-order valence-electron chi connectivity index (χ1n) is 6.45. The van der Waals surface area contributed by atoms with Crippen molar-refractivity contribution in [3.05, 3.63) is 35.9 Å². The Balaban J connectivity index is 2.97. The Hall–Kier alpha value is -1.31. The van der Waals surface area contributed by atoms with Crippen molar-refractivity contribution in [2.75, 3.05) is 0 Å². The Morgan fingerprint density at radius 2 is 1.26 bits per heavy atom. The van der Waals surface area contributed by atoms with E-state index in [1.165, 1.54) is 24.3 Å². The van der Waals surface area contributed by atoms with Crippen molar-refractivity contribution >= 4 is 28.4 Å². The molecule has 27 heavy (non-hydrogen) atoms. The maximum absolute atomic E-state index is 13.5. The summed E-state index contributed by atoms with van der Waals surface area (Å²) in [4.78, 5) is 0. The second-order valence-electron chi connectivity index (χ2n) is 4.86. The van der Waals surface area contributed by atoms with Crippen molar-refractivity contribution in [1.82, 2.24) is 0 Å². The van der Waals surface area contributed by atoms with Crippen molar-refractivity contribution in [1.29, 1.82) is 0 Å². The van der Waals surface area contributed by atoms with Gasteiger partial charge in [0, 0.05) is 11.8 Å². The predicted molar refractivity (Wildman–Crippen MR) is 77.3 cm³/mol. The second kappa shape index (κ2) is 7.60. The molecule has 0 aliphatic heterocycles. The average Bonchev–Trinajstić information content (AvgIpc) is 2.52. The first-order chi connectivity index (χ1) is 12.0. The Kier molecular flexibility index (Phi) is 6.68. The van der Waals surface area contributed by atoms with Crippen LogP contribution < -0.4 is 0 Å². The maximum atomic E-state index is 13.5. The zero-order chi connectivity index (χ0) is 21.3. The summed E-state index contributed by atoms with van der Waals surface area (Å²) in [5.74, 6) is -22.0. The minimum atomic E-state index is -7.47. The van der Waals surface area contributed by atoms with Gasteiger partial charge in [0.2, 0.25) is 4.38 Å². The number of hydrogen-bond donors (Lipinski definition) is 0. The fraction of sp³-hybridized carbons (Fsp3) is 0.462. The summed E-state index contributed by atoms with van der Waals surface area (Å²) in [5.41, 5.74) is 0.296. The minimum absolute atomic E-state index is 0.296. The first-order valence-corrected chi connectivity index (χ1v) is 7.67. The summed E-state index contributed by atoms with van der Waals surface area (Å²) in [5, 5.41) is -6.14. The van der Waals surface area contributed by atoms with Gasteiger partial charge in [-0.2, -0.15) is 48.3 Å². The molecule has 0 bridgehead atoms. The normalized spacial score (nSPS) is 14.2. The van der Waals surface area contributed by atoms with Crippen LogP contribution in [0.2, 0.25) is 0 Å². The van der Waals surface area contributed by atoms with Crippen LogP contribution in [-0.2, 0) is 11.3 Å². The molecule has 0 spiro atoms. The molecule has 154 valence electrons. The van der Waals surface area contributed by atoms with Crippen LogP contribution in [0.25, 0.3) is 0 Å². The molecule has 1 rings (SSSR count). The third kappa shape index (κ3) is 4.58. The van der Waals surface area contributed by atoms with Crippen LogP contribution in [0.4, 0.5) is 48.3 Å². The van der Waals surface area contributed by atoms with Crippen molar-refractivity contribution in [2.45, 2.75) is 35.8 Å². The SMILES string of the molecule is FC(F)(F)C(F)(F)C(F)(F)C(F)(F)C(F)(F)SC(=S)OCc1ccccc1. The number of thioether (sulfide) groups is 1. The largest absolute Gasteiger partial charge is 0.474 e. The summed E-state index contributed by atoms with van der Waals surface area (Å²) in [6.07, 6.45) is -7.20. The van der Waals surface area contributed by atoms with Crippen molar-refractivity contribution < 1.29 is 53.0 Å². The van der Waals surface area contributed by atoms with Crippen LogP contribution in [0, 0.1) is 0 Å². The monoisotopic (exact) mass is 452 g/mol. The Labute approximate surface area is 153 Å². The third-order valence-electron chi connectivity index (χ3n) is 2.92. The van der Waals surface area contributed by atoms with Crippen molar-refractivity contribution in [2.24, 2.45) is 0 Å². The highest BCUT2D eigenvalue weighted by Gasteiger charge is 2.87. The van der Waals surface area contributed by atoms with Crippen molar-refractivity contribution in [3.63, 3.8) is 0 Å². The minimum Gasteiger partial charge on any atom is -0.474 e. The number of benzene rings is 1. The maximum Gasteiger partial charge on any atom is 0.460 e. The summed E-state index contributed by atoms with van der Waals surface area (Å²) in [6, 6.07) is 7.26. The van der Waals surface area contributed by atoms with Crippen LogP contribution in [-0.4, -0.2) is 33.6 Å². The molecule has 0 saturated heterocycles. The van der Waals surface area contributed by atoms with E-state index in [0.29, 0.717) is 5.56 Å². The van der Waals surface area contributed by atoms with Gasteiger partial charge in [-0.15, -0.1) is 0 Å². The van der Waals surface area contributed by atoms with E-state index in [1.807, 2.05) is 0 Å². The lowest BCUT2D eigenvalue weighted by Crippen LogP contribution is -2.65. The topological polar surface area (TPSA) is 9.23 Å². The van der Waals surface area contributed by atoms with Gasteiger partial charge >= 0.3 is 29.2 Å². The predicted octanol–water partition coefficient (Wildman–Crippen LogP) is 6.28. The van der Waals surface area contributed by atoms with E-state index in [1.54, 1.807) is 6.07 Å².